The van der Waals surface area contributed by atoms with Crippen LogP contribution >= 0.6 is 0 Å². The van der Waals surface area contributed by atoms with E-state index in [9.17, 15) is 18.0 Å². The van der Waals surface area contributed by atoms with Crippen LogP contribution in [0.2, 0.25) is 0 Å². The van der Waals surface area contributed by atoms with Crippen molar-refractivity contribution in [2.24, 2.45) is 0 Å². The number of hydrogen-bond acceptors (Lipinski definition) is 5. The molecule has 1 heterocycles. The number of hydrogen-bond donors (Lipinski definition) is 2. The van der Waals surface area contributed by atoms with E-state index >= 15 is 0 Å². The van der Waals surface area contributed by atoms with Crippen LogP contribution in [0.15, 0.2) is 23.1 Å². The van der Waals surface area contributed by atoms with Crippen molar-refractivity contribution in [2.45, 2.75) is 56.0 Å². The molecule has 0 spiro atoms. The Morgan fingerprint density at radius 3 is 2.61 bits per heavy atom. The second-order valence-electron chi connectivity index (χ2n) is 7.35. The smallest absolute Gasteiger partial charge is 0.251 e. The minimum Gasteiger partial charge on any atom is -0.495 e. The maximum atomic E-state index is 13.2. The van der Waals surface area contributed by atoms with Gasteiger partial charge in [-0.05, 0) is 50.8 Å². The molecule has 1 saturated carbocycles. The van der Waals surface area contributed by atoms with Gasteiger partial charge in [-0.1, -0.05) is 6.42 Å². The molecule has 1 aromatic carbocycles. The molecule has 2 amide bonds. The third-order valence-electron chi connectivity index (χ3n) is 5.11. The van der Waals surface area contributed by atoms with E-state index in [4.69, 9.17) is 4.74 Å². The molecule has 1 aromatic rings. The Morgan fingerprint density at radius 1 is 1.21 bits per heavy atom. The number of sulfonamides is 1. The minimum absolute atomic E-state index is 0.0289. The fraction of sp³-hybridized carbons (Fsp3) is 0.579. The Kier molecular flexibility index (Phi) is 6.24. The first-order valence-electron chi connectivity index (χ1n) is 9.60. The Labute approximate surface area is 165 Å². The van der Waals surface area contributed by atoms with Crippen molar-refractivity contribution in [2.75, 3.05) is 20.2 Å². The fourth-order valence-corrected chi connectivity index (χ4v) is 5.23. The summed E-state index contributed by atoms with van der Waals surface area (Å²) >= 11 is 0. The molecule has 28 heavy (non-hydrogen) atoms. The number of piperidine rings is 1. The lowest BCUT2D eigenvalue weighted by molar-refractivity contribution is -0.120. The molecule has 8 nitrogen and oxygen atoms in total. The van der Waals surface area contributed by atoms with Gasteiger partial charge in [-0.25, -0.2) is 8.42 Å². The zero-order valence-corrected chi connectivity index (χ0v) is 17.0. The van der Waals surface area contributed by atoms with Crippen molar-refractivity contribution in [3.05, 3.63) is 23.8 Å². The highest BCUT2D eigenvalue weighted by Crippen LogP contribution is 2.31. The first-order chi connectivity index (χ1) is 13.3. The number of rotatable bonds is 7. The first kappa shape index (κ1) is 20.6. The summed E-state index contributed by atoms with van der Waals surface area (Å²) in [6, 6.07) is 4.40. The maximum absolute atomic E-state index is 13.2. The van der Waals surface area contributed by atoms with Crippen molar-refractivity contribution >= 4 is 21.8 Å². The molecule has 2 fully saturated rings. The van der Waals surface area contributed by atoms with Gasteiger partial charge in [-0.2, -0.15) is 4.31 Å². The molecule has 0 bridgehead atoms. The fourth-order valence-electron chi connectivity index (χ4n) is 3.34. The highest BCUT2D eigenvalue weighted by Gasteiger charge is 2.33. The van der Waals surface area contributed by atoms with Crippen LogP contribution in [-0.4, -0.2) is 56.8 Å². The average Bonchev–Trinajstić information content (AvgIpc) is 3.49. The number of nitrogens with zero attached hydrogens (tertiary/aromatic N) is 1. The van der Waals surface area contributed by atoms with E-state index in [0.717, 1.165) is 32.1 Å². The second kappa shape index (κ2) is 8.48. The molecule has 0 aromatic heterocycles. The molecular weight excluding hydrogens is 382 g/mol. The summed E-state index contributed by atoms with van der Waals surface area (Å²) in [7, 11) is -2.40. The van der Waals surface area contributed by atoms with Crippen LogP contribution in [0.5, 0.6) is 5.75 Å². The molecular formula is C19H27N3O5S. The summed E-state index contributed by atoms with van der Waals surface area (Å²) in [6.45, 7) is 2.19. The van der Waals surface area contributed by atoms with Crippen molar-refractivity contribution in [1.82, 2.24) is 14.9 Å². The Bertz CT molecular complexity index is 851. The van der Waals surface area contributed by atoms with Gasteiger partial charge in [-0.3, -0.25) is 9.59 Å². The zero-order valence-electron chi connectivity index (χ0n) is 16.2. The van der Waals surface area contributed by atoms with Gasteiger partial charge in [0.2, 0.25) is 15.9 Å². The number of carbonyl (C=O) groups excluding carboxylic acids is 2. The van der Waals surface area contributed by atoms with E-state index in [0.29, 0.717) is 6.54 Å². The number of amides is 2. The van der Waals surface area contributed by atoms with E-state index in [1.165, 1.54) is 29.6 Å². The molecule has 3 rings (SSSR count). The number of methoxy groups -OCH3 is 1. The molecule has 2 N–H and O–H groups in total. The molecule has 1 atom stereocenters. The van der Waals surface area contributed by atoms with Crippen LogP contribution in [0.4, 0.5) is 0 Å². The number of benzene rings is 1. The standard InChI is InChI=1S/C19H27N3O5S/c1-13-5-3-4-10-22(13)28(25,26)17-11-14(6-9-16(17)27-2)19(24)20-12-18(23)21-15-7-8-15/h6,9,11,13,15H,3-5,7-8,10,12H2,1-2H3,(H,20,24)(H,21,23). The molecule has 1 aliphatic heterocycles. The van der Waals surface area contributed by atoms with Crippen LogP contribution in [0.1, 0.15) is 49.4 Å². The minimum atomic E-state index is -3.80. The van der Waals surface area contributed by atoms with Crippen LogP contribution in [0.25, 0.3) is 0 Å². The highest BCUT2D eigenvalue weighted by molar-refractivity contribution is 7.89. The van der Waals surface area contributed by atoms with Gasteiger partial charge in [-0.15, -0.1) is 0 Å². The molecule has 1 unspecified atom stereocenters. The predicted octanol–water partition coefficient (Wildman–Crippen LogP) is 1.27. The molecule has 9 heteroatoms. The Balaban J connectivity index is 1.78. The highest BCUT2D eigenvalue weighted by atomic mass is 32.2. The summed E-state index contributed by atoms with van der Waals surface area (Å²) < 4.78 is 33.1. The SMILES string of the molecule is COc1ccc(C(=O)NCC(=O)NC2CC2)cc1S(=O)(=O)N1CCCCC1C. The Morgan fingerprint density at radius 2 is 1.96 bits per heavy atom. The van der Waals surface area contributed by atoms with E-state index in [-0.39, 0.29) is 40.7 Å². The number of ether oxygens (including phenoxy) is 1. The summed E-state index contributed by atoms with van der Waals surface area (Å²) in [4.78, 5) is 24.2. The van der Waals surface area contributed by atoms with E-state index in [1.807, 2.05) is 6.92 Å². The molecule has 1 saturated heterocycles. The van der Waals surface area contributed by atoms with Crippen molar-refractivity contribution < 1.29 is 22.7 Å². The normalized spacial score (nSPS) is 20.4. The average molecular weight is 410 g/mol. The van der Waals surface area contributed by atoms with Crippen molar-refractivity contribution in [3.8, 4) is 5.75 Å². The lowest BCUT2D eigenvalue weighted by Crippen LogP contribution is -2.42. The van der Waals surface area contributed by atoms with E-state index in [2.05, 4.69) is 10.6 Å². The number of carbonyl (C=O) groups is 2. The van der Waals surface area contributed by atoms with Gasteiger partial charge < -0.3 is 15.4 Å². The van der Waals surface area contributed by atoms with Crippen LogP contribution in [0, 0.1) is 0 Å². The van der Waals surface area contributed by atoms with Gasteiger partial charge in [0.15, 0.2) is 0 Å². The summed E-state index contributed by atoms with van der Waals surface area (Å²) in [5.41, 5.74) is 0.170. The maximum Gasteiger partial charge on any atom is 0.251 e. The van der Waals surface area contributed by atoms with Gasteiger partial charge in [0, 0.05) is 24.2 Å². The Hall–Kier alpha value is -2.13. The van der Waals surface area contributed by atoms with Gasteiger partial charge in [0.05, 0.1) is 13.7 Å². The molecule has 154 valence electrons. The van der Waals surface area contributed by atoms with Crippen molar-refractivity contribution in [3.63, 3.8) is 0 Å². The van der Waals surface area contributed by atoms with Crippen LogP contribution in [0.3, 0.4) is 0 Å². The third-order valence-corrected chi connectivity index (χ3v) is 7.14. The van der Waals surface area contributed by atoms with Gasteiger partial charge >= 0.3 is 0 Å². The summed E-state index contributed by atoms with van der Waals surface area (Å²) in [5, 5.41) is 5.32. The van der Waals surface area contributed by atoms with Crippen molar-refractivity contribution in [1.29, 1.82) is 0 Å². The van der Waals surface area contributed by atoms with E-state index in [1.54, 1.807) is 0 Å². The quantitative estimate of drug-likeness (QED) is 0.706. The zero-order chi connectivity index (χ0) is 20.3. The predicted molar refractivity (Wildman–Crippen MR) is 104 cm³/mol. The second-order valence-corrected chi connectivity index (χ2v) is 9.21. The largest absolute Gasteiger partial charge is 0.495 e. The monoisotopic (exact) mass is 409 g/mol. The molecule has 2 aliphatic rings. The number of nitrogens with one attached hydrogen (secondary N) is 2. The summed E-state index contributed by atoms with van der Waals surface area (Å²) in [6.07, 6.45) is 4.54. The lowest BCUT2D eigenvalue weighted by atomic mass is 10.1. The van der Waals surface area contributed by atoms with E-state index < -0.39 is 15.9 Å². The third kappa shape index (κ3) is 4.64. The lowest BCUT2D eigenvalue weighted by Gasteiger charge is -2.32. The van der Waals surface area contributed by atoms with Crippen LogP contribution in [-0.2, 0) is 14.8 Å². The van der Waals surface area contributed by atoms with Crippen LogP contribution < -0.4 is 15.4 Å². The topological polar surface area (TPSA) is 105 Å². The van der Waals surface area contributed by atoms with Gasteiger partial charge in [0.25, 0.3) is 5.91 Å². The first-order valence-corrected chi connectivity index (χ1v) is 11.0. The molecule has 0 radical (unpaired) electrons. The summed E-state index contributed by atoms with van der Waals surface area (Å²) in [5.74, 6) is -0.558. The molecule has 1 aliphatic carbocycles. The van der Waals surface area contributed by atoms with Gasteiger partial charge in [0.1, 0.15) is 10.6 Å².